The van der Waals surface area contributed by atoms with E-state index in [-0.39, 0.29) is 30.0 Å². The Morgan fingerprint density at radius 1 is 0.897 bits per heavy atom. The highest BCUT2D eigenvalue weighted by atomic mass is 32.2. The molecule has 0 aromatic heterocycles. The first-order valence-corrected chi connectivity index (χ1v) is 13.3. The zero-order chi connectivity index (χ0) is 27.9. The number of methoxy groups -OCH3 is 2. The molecule has 4 rings (SSSR count). The van der Waals surface area contributed by atoms with Gasteiger partial charge in [-0.3, -0.25) is 19.3 Å². The van der Waals surface area contributed by atoms with Crippen LogP contribution in [0.2, 0.25) is 0 Å². The third kappa shape index (κ3) is 6.68. The summed E-state index contributed by atoms with van der Waals surface area (Å²) in [6, 6.07) is 19.8. The number of anilines is 2. The topological polar surface area (TPSA) is 97.0 Å². The van der Waals surface area contributed by atoms with E-state index >= 15 is 0 Å². The minimum atomic E-state index is -0.374. The van der Waals surface area contributed by atoms with Crippen LogP contribution in [0, 0.1) is 13.8 Å². The third-order valence-corrected chi connectivity index (χ3v) is 7.37. The Morgan fingerprint density at radius 3 is 2.36 bits per heavy atom. The molecule has 39 heavy (non-hydrogen) atoms. The van der Waals surface area contributed by atoms with Crippen molar-refractivity contribution in [2.75, 3.05) is 38.0 Å². The summed E-state index contributed by atoms with van der Waals surface area (Å²) in [6.07, 6.45) is 0.537. The van der Waals surface area contributed by atoms with Gasteiger partial charge in [0.05, 0.1) is 7.11 Å². The fourth-order valence-electron chi connectivity index (χ4n) is 3.99. The summed E-state index contributed by atoms with van der Waals surface area (Å²) < 4.78 is 10.3. The van der Waals surface area contributed by atoms with Gasteiger partial charge < -0.3 is 20.1 Å². The lowest BCUT2D eigenvalue weighted by molar-refractivity contribution is -0.137. The Morgan fingerprint density at radius 2 is 1.67 bits per heavy atom. The maximum absolute atomic E-state index is 13.4. The number of hydrogen-bond acceptors (Lipinski definition) is 7. The molecule has 3 aromatic carbocycles. The van der Waals surface area contributed by atoms with Crippen molar-refractivity contribution in [3.8, 4) is 5.75 Å². The number of carbonyl (C=O) groups is 3. The van der Waals surface area contributed by atoms with E-state index in [1.54, 1.807) is 56.7 Å². The van der Waals surface area contributed by atoms with Crippen LogP contribution in [0.25, 0.3) is 0 Å². The second-order valence-electron chi connectivity index (χ2n) is 9.05. The Kier molecular flexibility index (Phi) is 9.06. The average molecular weight is 546 g/mol. The van der Waals surface area contributed by atoms with Gasteiger partial charge in [0.15, 0.2) is 0 Å². The number of ether oxygens (including phenoxy) is 2. The fourth-order valence-corrected chi connectivity index (χ4v) is 5.00. The summed E-state index contributed by atoms with van der Waals surface area (Å²) in [4.78, 5) is 41.7. The van der Waals surface area contributed by atoms with E-state index in [0.29, 0.717) is 39.8 Å². The normalized spacial score (nSPS) is 13.2. The zero-order valence-corrected chi connectivity index (χ0v) is 23.2. The first-order valence-electron chi connectivity index (χ1n) is 12.5. The summed E-state index contributed by atoms with van der Waals surface area (Å²) in [5.41, 5.74) is 4.22. The first-order chi connectivity index (χ1) is 18.8. The third-order valence-electron chi connectivity index (χ3n) is 6.30. The van der Waals surface area contributed by atoms with Gasteiger partial charge in [-0.1, -0.05) is 23.9 Å². The van der Waals surface area contributed by atoms with E-state index in [1.807, 2.05) is 38.1 Å². The van der Waals surface area contributed by atoms with E-state index < -0.39 is 0 Å². The van der Waals surface area contributed by atoms with Crippen LogP contribution in [0.1, 0.15) is 27.9 Å². The standard InChI is InChI=1S/C30H31N3O5S/c1-19-9-12-23(17-20(19)2)31-26-27(30(36)33(29(26)35)15-6-16-37-3)39-25-8-5-7-22(18-25)32-28(34)21-10-13-24(38-4)14-11-21/h5,7-14,17-18,31H,6,15-16H2,1-4H3,(H,32,34). The van der Waals surface area contributed by atoms with Crippen molar-refractivity contribution < 1.29 is 23.9 Å². The van der Waals surface area contributed by atoms with Gasteiger partial charge in [-0.05, 0) is 86.0 Å². The van der Waals surface area contributed by atoms with Gasteiger partial charge >= 0.3 is 0 Å². The molecule has 0 radical (unpaired) electrons. The number of carbonyl (C=O) groups excluding carboxylic acids is 3. The number of amides is 3. The van der Waals surface area contributed by atoms with Crippen molar-refractivity contribution in [3.05, 3.63) is 94.0 Å². The van der Waals surface area contributed by atoms with E-state index in [0.717, 1.165) is 16.8 Å². The molecule has 3 amide bonds. The van der Waals surface area contributed by atoms with E-state index in [9.17, 15) is 14.4 Å². The van der Waals surface area contributed by atoms with Crippen LogP contribution in [0.3, 0.4) is 0 Å². The molecule has 1 aliphatic rings. The van der Waals surface area contributed by atoms with E-state index in [2.05, 4.69) is 10.6 Å². The number of benzene rings is 3. The smallest absolute Gasteiger partial charge is 0.278 e. The summed E-state index contributed by atoms with van der Waals surface area (Å²) in [5.74, 6) is -0.344. The molecule has 2 N–H and O–H groups in total. The molecule has 0 unspecified atom stereocenters. The summed E-state index contributed by atoms with van der Waals surface area (Å²) in [5, 5.41) is 6.08. The van der Waals surface area contributed by atoms with Crippen molar-refractivity contribution in [2.24, 2.45) is 0 Å². The van der Waals surface area contributed by atoms with Gasteiger partial charge in [0.1, 0.15) is 16.4 Å². The molecule has 202 valence electrons. The molecule has 0 fully saturated rings. The molecular weight excluding hydrogens is 514 g/mol. The minimum Gasteiger partial charge on any atom is -0.497 e. The Hall–Kier alpha value is -4.08. The number of hydrogen-bond donors (Lipinski definition) is 2. The molecule has 0 atom stereocenters. The van der Waals surface area contributed by atoms with Crippen molar-refractivity contribution in [1.29, 1.82) is 0 Å². The maximum Gasteiger partial charge on any atom is 0.278 e. The van der Waals surface area contributed by atoms with Crippen molar-refractivity contribution in [1.82, 2.24) is 4.90 Å². The molecule has 3 aromatic rings. The molecule has 1 aliphatic heterocycles. The summed E-state index contributed by atoms with van der Waals surface area (Å²) >= 11 is 1.19. The largest absolute Gasteiger partial charge is 0.497 e. The quantitative estimate of drug-likeness (QED) is 0.246. The maximum atomic E-state index is 13.4. The number of imide groups is 1. The van der Waals surface area contributed by atoms with Crippen LogP contribution in [0.4, 0.5) is 11.4 Å². The van der Waals surface area contributed by atoms with Gasteiger partial charge in [0, 0.05) is 42.1 Å². The average Bonchev–Trinajstić information content (AvgIpc) is 3.15. The van der Waals surface area contributed by atoms with Gasteiger partial charge in [-0.25, -0.2) is 0 Å². The minimum absolute atomic E-state index is 0.235. The van der Waals surface area contributed by atoms with Crippen LogP contribution in [-0.4, -0.2) is 50.0 Å². The second-order valence-corrected chi connectivity index (χ2v) is 10.1. The van der Waals surface area contributed by atoms with Crippen LogP contribution in [0.15, 0.2) is 82.2 Å². The molecular formula is C30H31N3O5S. The Balaban J connectivity index is 1.58. The van der Waals surface area contributed by atoms with Crippen LogP contribution < -0.4 is 15.4 Å². The molecule has 0 saturated heterocycles. The van der Waals surface area contributed by atoms with Gasteiger partial charge in [-0.15, -0.1) is 0 Å². The summed E-state index contributed by atoms with van der Waals surface area (Å²) in [7, 11) is 3.15. The lowest BCUT2D eigenvalue weighted by atomic mass is 10.1. The number of nitrogens with zero attached hydrogens (tertiary/aromatic N) is 1. The molecule has 0 aliphatic carbocycles. The lowest BCUT2D eigenvalue weighted by Gasteiger charge is -2.15. The highest BCUT2D eigenvalue weighted by molar-refractivity contribution is 8.04. The molecule has 8 nitrogen and oxygen atoms in total. The fraction of sp³-hybridized carbons (Fsp3) is 0.233. The van der Waals surface area contributed by atoms with Crippen LogP contribution >= 0.6 is 11.8 Å². The molecule has 0 bridgehead atoms. The lowest BCUT2D eigenvalue weighted by Crippen LogP contribution is -2.33. The Labute approximate surface area is 232 Å². The van der Waals surface area contributed by atoms with Crippen molar-refractivity contribution >= 4 is 40.9 Å². The predicted octanol–water partition coefficient (Wildman–Crippen LogP) is 5.39. The number of nitrogens with one attached hydrogen (secondary N) is 2. The second kappa shape index (κ2) is 12.6. The van der Waals surface area contributed by atoms with Gasteiger partial charge in [0.25, 0.3) is 17.7 Å². The predicted molar refractivity (Wildman–Crippen MR) is 153 cm³/mol. The molecule has 0 saturated carbocycles. The molecule has 0 spiro atoms. The van der Waals surface area contributed by atoms with Crippen LogP contribution in [0.5, 0.6) is 5.75 Å². The highest BCUT2D eigenvalue weighted by Gasteiger charge is 2.38. The summed E-state index contributed by atoms with van der Waals surface area (Å²) in [6.45, 7) is 4.71. The van der Waals surface area contributed by atoms with Gasteiger partial charge in [0.2, 0.25) is 0 Å². The molecule has 9 heteroatoms. The molecule has 1 heterocycles. The highest BCUT2D eigenvalue weighted by Crippen LogP contribution is 2.37. The van der Waals surface area contributed by atoms with Crippen molar-refractivity contribution in [3.63, 3.8) is 0 Å². The number of rotatable bonds is 11. The number of thioether (sulfide) groups is 1. The Bertz CT molecular complexity index is 1420. The van der Waals surface area contributed by atoms with Crippen LogP contribution in [-0.2, 0) is 14.3 Å². The van der Waals surface area contributed by atoms with E-state index in [4.69, 9.17) is 9.47 Å². The van der Waals surface area contributed by atoms with Gasteiger partial charge in [-0.2, -0.15) is 0 Å². The zero-order valence-electron chi connectivity index (χ0n) is 22.4. The SMILES string of the molecule is COCCCN1C(=O)C(Nc2ccc(C)c(C)c2)=C(Sc2cccc(NC(=O)c3ccc(OC)cc3)c2)C1=O. The van der Waals surface area contributed by atoms with Crippen molar-refractivity contribution in [2.45, 2.75) is 25.2 Å². The monoisotopic (exact) mass is 545 g/mol. The number of aryl methyl sites for hydroxylation is 2. The first kappa shape index (κ1) is 27.9. The van der Waals surface area contributed by atoms with E-state index in [1.165, 1.54) is 16.7 Å².